The molecule has 0 atom stereocenters. The standard InChI is InChI=1S/C18H19N5OS/c24-17(14-25-18-20-19-16-8-4-5-9-23(16)18)22-12-10-21(11-13-22)15-6-2-1-3-7-15/h1-9H,10-14H2. The van der Waals surface area contributed by atoms with Gasteiger partial charge < -0.3 is 9.80 Å². The van der Waals surface area contributed by atoms with Gasteiger partial charge in [-0.2, -0.15) is 0 Å². The molecule has 3 heterocycles. The molecule has 1 aliphatic heterocycles. The maximum atomic E-state index is 12.5. The van der Waals surface area contributed by atoms with E-state index in [4.69, 9.17) is 0 Å². The second-order valence-corrected chi connectivity index (χ2v) is 6.85. The zero-order valence-corrected chi connectivity index (χ0v) is 14.6. The summed E-state index contributed by atoms with van der Waals surface area (Å²) >= 11 is 1.44. The fourth-order valence-corrected chi connectivity index (χ4v) is 3.82. The molecule has 0 spiro atoms. The molecule has 1 aliphatic rings. The average Bonchev–Trinajstić information content (AvgIpc) is 3.10. The molecule has 25 heavy (non-hydrogen) atoms. The molecule has 1 amide bonds. The lowest BCUT2D eigenvalue weighted by Gasteiger charge is -2.36. The van der Waals surface area contributed by atoms with Crippen molar-refractivity contribution in [1.82, 2.24) is 19.5 Å². The monoisotopic (exact) mass is 353 g/mol. The zero-order chi connectivity index (χ0) is 17.1. The van der Waals surface area contributed by atoms with Crippen LogP contribution in [0.25, 0.3) is 5.65 Å². The molecule has 2 aromatic heterocycles. The van der Waals surface area contributed by atoms with E-state index in [0.29, 0.717) is 5.75 Å². The number of pyridine rings is 1. The SMILES string of the molecule is O=C(CSc1nnc2ccccn12)N1CCN(c2ccccc2)CC1. The molecular weight excluding hydrogens is 334 g/mol. The number of fused-ring (bicyclic) bond motifs is 1. The first-order chi connectivity index (χ1) is 12.3. The number of nitrogens with zero attached hydrogens (tertiary/aromatic N) is 5. The highest BCUT2D eigenvalue weighted by molar-refractivity contribution is 7.99. The van der Waals surface area contributed by atoms with E-state index in [2.05, 4.69) is 27.2 Å². The summed E-state index contributed by atoms with van der Waals surface area (Å²) in [4.78, 5) is 16.8. The minimum Gasteiger partial charge on any atom is -0.368 e. The Hall–Kier alpha value is -2.54. The molecule has 0 radical (unpaired) electrons. The maximum absolute atomic E-state index is 12.5. The van der Waals surface area contributed by atoms with Gasteiger partial charge in [0.15, 0.2) is 10.8 Å². The Balaban J connectivity index is 1.32. The van der Waals surface area contributed by atoms with Gasteiger partial charge in [0.25, 0.3) is 0 Å². The molecular formula is C18H19N5OS. The summed E-state index contributed by atoms with van der Waals surface area (Å²) in [6.45, 7) is 3.26. The van der Waals surface area contributed by atoms with E-state index in [-0.39, 0.29) is 5.91 Å². The number of hydrogen-bond donors (Lipinski definition) is 0. The summed E-state index contributed by atoms with van der Waals surface area (Å²) in [5.41, 5.74) is 2.02. The van der Waals surface area contributed by atoms with Crippen molar-refractivity contribution in [2.24, 2.45) is 0 Å². The maximum Gasteiger partial charge on any atom is 0.233 e. The Labute approximate surface area is 150 Å². The highest BCUT2D eigenvalue weighted by Gasteiger charge is 2.21. The highest BCUT2D eigenvalue weighted by atomic mass is 32.2. The molecule has 0 aliphatic carbocycles. The minimum atomic E-state index is 0.158. The predicted molar refractivity (Wildman–Crippen MR) is 98.9 cm³/mol. The van der Waals surface area contributed by atoms with Crippen LogP contribution in [-0.2, 0) is 4.79 Å². The summed E-state index contributed by atoms with van der Waals surface area (Å²) in [6, 6.07) is 16.1. The van der Waals surface area contributed by atoms with E-state index in [1.54, 1.807) is 0 Å². The lowest BCUT2D eigenvalue weighted by Crippen LogP contribution is -2.49. The van der Waals surface area contributed by atoms with Crippen molar-refractivity contribution in [1.29, 1.82) is 0 Å². The summed E-state index contributed by atoms with van der Waals surface area (Å²) in [5.74, 6) is 0.548. The highest BCUT2D eigenvalue weighted by Crippen LogP contribution is 2.19. The molecule has 6 nitrogen and oxygen atoms in total. The van der Waals surface area contributed by atoms with Crippen LogP contribution < -0.4 is 4.90 Å². The molecule has 1 aromatic carbocycles. The topological polar surface area (TPSA) is 53.7 Å². The van der Waals surface area contributed by atoms with E-state index in [9.17, 15) is 4.79 Å². The number of amides is 1. The Kier molecular flexibility index (Phi) is 4.56. The van der Waals surface area contributed by atoms with Gasteiger partial charge in [0.05, 0.1) is 5.75 Å². The number of benzene rings is 1. The Morgan fingerprint density at radius 1 is 0.960 bits per heavy atom. The van der Waals surface area contributed by atoms with E-state index in [1.807, 2.05) is 51.9 Å². The van der Waals surface area contributed by atoms with Crippen molar-refractivity contribution in [2.75, 3.05) is 36.8 Å². The molecule has 0 saturated carbocycles. The van der Waals surface area contributed by atoms with Crippen LogP contribution in [0.15, 0.2) is 59.9 Å². The summed E-state index contributed by atoms with van der Waals surface area (Å²) in [6.07, 6.45) is 1.92. The van der Waals surface area contributed by atoms with E-state index in [1.165, 1.54) is 17.4 Å². The van der Waals surface area contributed by atoms with Gasteiger partial charge in [-0.05, 0) is 24.3 Å². The Bertz CT molecular complexity index is 858. The van der Waals surface area contributed by atoms with Crippen LogP contribution in [0.4, 0.5) is 5.69 Å². The molecule has 7 heteroatoms. The largest absolute Gasteiger partial charge is 0.368 e. The van der Waals surface area contributed by atoms with Gasteiger partial charge in [-0.15, -0.1) is 10.2 Å². The lowest BCUT2D eigenvalue weighted by atomic mass is 10.2. The molecule has 1 saturated heterocycles. The molecule has 0 N–H and O–H groups in total. The fourth-order valence-electron chi connectivity index (χ4n) is 2.99. The van der Waals surface area contributed by atoms with Gasteiger partial charge in [-0.3, -0.25) is 9.20 Å². The third kappa shape index (κ3) is 3.46. The Morgan fingerprint density at radius 2 is 1.72 bits per heavy atom. The number of hydrogen-bond acceptors (Lipinski definition) is 5. The van der Waals surface area contributed by atoms with Crippen LogP contribution in [0.3, 0.4) is 0 Å². The van der Waals surface area contributed by atoms with Crippen LogP contribution in [0.2, 0.25) is 0 Å². The molecule has 1 fully saturated rings. The van der Waals surface area contributed by atoms with Crippen LogP contribution >= 0.6 is 11.8 Å². The van der Waals surface area contributed by atoms with Crippen molar-refractivity contribution in [2.45, 2.75) is 5.16 Å². The van der Waals surface area contributed by atoms with E-state index >= 15 is 0 Å². The first-order valence-corrected chi connectivity index (χ1v) is 9.30. The van der Waals surface area contributed by atoms with Gasteiger partial charge in [-0.25, -0.2) is 0 Å². The second-order valence-electron chi connectivity index (χ2n) is 5.90. The molecule has 4 rings (SSSR count). The smallest absolute Gasteiger partial charge is 0.233 e. The second kappa shape index (κ2) is 7.14. The molecule has 3 aromatic rings. The van der Waals surface area contributed by atoms with Gasteiger partial charge in [-0.1, -0.05) is 36.0 Å². The van der Waals surface area contributed by atoms with Crippen molar-refractivity contribution in [3.8, 4) is 0 Å². The normalized spacial score (nSPS) is 14.9. The molecule has 128 valence electrons. The number of aromatic nitrogens is 3. The minimum absolute atomic E-state index is 0.158. The third-order valence-corrected chi connectivity index (χ3v) is 5.29. The number of anilines is 1. The van der Waals surface area contributed by atoms with E-state index < -0.39 is 0 Å². The fraction of sp³-hybridized carbons (Fsp3) is 0.278. The van der Waals surface area contributed by atoms with Crippen molar-refractivity contribution in [3.63, 3.8) is 0 Å². The average molecular weight is 353 g/mol. The Morgan fingerprint density at radius 3 is 2.52 bits per heavy atom. The van der Waals surface area contributed by atoms with Crippen LogP contribution in [0, 0.1) is 0 Å². The van der Waals surface area contributed by atoms with Gasteiger partial charge in [0, 0.05) is 38.1 Å². The number of rotatable bonds is 4. The van der Waals surface area contributed by atoms with Crippen LogP contribution in [0.1, 0.15) is 0 Å². The summed E-state index contributed by atoms with van der Waals surface area (Å²) in [7, 11) is 0. The van der Waals surface area contributed by atoms with Crippen molar-refractivity contribution in [3.05, 3.63) is 54.7 Å². The number of piperazine rings is 1. The van der Waals surface area contributed by atoms with Crippen molar-refractivity contribution < 1.29 is 4.79 Å². The summed E-state index contributed by atoms with van der Waals surface area (Å²) < 4.78 is 1.91. The zero-order valence-electron chi connectivity index (χ0n) is 13.8. The van der Waals surface area contributed by atoms with Crippen LogP contribution in [0.5, 0.6) is 0 Å². The molecule has 0 bridgehead atoms. The summed E-state index contributed by atoms with van der Waals surface area (Å²) in [5, 5.41) is 9.03. The quantitative estimate of drug-likeness (QED) is 0.673. The van der Waals surface area contributed by atoms with Gasteiger partial charge >= 0.3 is 0 Å². The predicted octanol–water partition coefficient (Wildman–Crippen LogP) is 2.17. The van der Waals surface area contributed by atoms with Crippen LogP contribution in [-0.4, -0.2) is 57.3 Å². The number of thioether (sulfide) groups is 1. The first-order valence-electron chi connectivity index (χ1n) is 8.31. The number of carbonyl (C=O) groups excluding carboxylic acids is 1. The van der Waals surface area contributed by atoms with Gasteiger partial charge in [0.2, 0.25) is 5.91 Å². The molecule has 0 unspecified atom stereocenters. The van der Waals surface area contributed by atoms with Crippen molar-refractivity contribution >= 4 is 29.0 Å². The van der Waals surface area contributed by atoms with Gasteiger partial charge in [0.1, 0.15) is 0 Å². The third-order valence-electron chi connectivity index (χ3n) is 4.36. The lowest BCUT2D eigenvalue weighted by molar-refractivity contribution is -0.128. The first kappa shape index (κ1) is 16.0. The number of carbonyl (C=O) groups is 1. The number of para-hydroxylation sites is 1. The van der Waals surface area contributed by atoms with E-state index in [0.717, 1.165) is 37.0 Å².